The number of carboxylic acids is 2. The molecule has 4 fully saturated rings. The van der Waals surface area contributed by atoms with Crippen molar-refractivity contribution in [3.8, 4) is 11.5 Å². The molecule has 4 heterocycles. The monoisotopic (exact) mass is 1320 g/mol. The van der Waals surface area contributed by atoms with Gasteiger partial charge in [-0.2, -0.15) is 0 Å². The minimum atomic E-state index is -1.84. The van der Waals surface area contributed by atoms with Crippen molar-refractivity contribution in [1.82, 2.24) is 30.2 Å². The van der Waals surface area contributed by atoms with Gasteiger partial charge < -0.3 is 50.7 Å². The minimum Gasteiger partial charge on any atom is -0.507 e. The zero-order valence-corrected chi connectivity index (χ0v) is 60.0. The Balaban J connectivity index is 1.07. The maximum atomic E-state index is 14.5. The summed E-state index contributed by atoms with van der Waals surface area (Å²) in [6.45, 7) is 38.1. The number of rotatable bonds is 25. The molecule has 4 saturated heterocycles. The number of benzene rings is 2. The molecule has 0 radical (unpaired) electrons. The number of esters is 2. The highest BCUT2D eigenvalue weighted by Crippen LogP contribution is 2.50. The Morgan fingerprint density at radius 1 is 0.511 bits per heavy atom. The van der Waals surface area contributed by atoms with Gasteiger partial charge in [0.15, 0.2) is 0 Å². The van der Waals surface area contributed by atoms with Gasteiger partial charge in [0.1, 0.15) is 35.8 Å². The number of phenols is 2. The third-order valence-corrected chi connectivity index (χ3v) is 19.9. The summed E-state index contributed by atoms with van der Waals surface area (Å²) in [5.74, 6) is -4.01. The van der Waals surface area contributed by atoms with Crippen LogP contribution in [0.1, 0.15) is 242 Å². The zero-order chi connectivity index (χ0) is 71.3. The number of urea groups is 2. The normalized spacial score (nSPS) is 20.8. The van der Waals surface area contributed by atoms with Crippen molar-refractivity contribution >= 4 is 47.8 Å². The van der Waals surface area contributed by atoms with E-state index in [4.69, 9.17) is 9.47 Å². The number of carboxylic acid groups (broad SMARTS) is 2. The SMILES string of the molecule is CC(C)(C)c1cc(CCC(=O)OCCN2C(=O)NC3(CC(C)(C)N(CC(O)CC(CCCC(=O)O)(CC(O)CN4C(C)(C)CC5(CC4(C)C)NC(=O)N(CCOC(=O)CCc4cc(C(C)(C)C)c(O)c(C(C)(C)C)c4)C5=O)C(=O)O)C(C)(C)C3)C2=O)cc(C(C)(C)C)c1O. The van der Waals surface area contributed by atoms with Crippen molar-refractivity contribution in [3.63, 3.8) is 0 Å². The second kappa shape index (κ2) is 27.3. The molecule has 2 spiro atoms. The second-order valence-corrected chi connectivity index (χ2v) is 34.2. The number of ether oxygens (including phenoxy) is 2. The summed E-state index contributed by atoms with van der Waals surface area (Å²) in [6.07, 6.45) is -2.93. The van der Waals surface area contributed by atoms with Gasteiger partial charge in [-0.25, -0.2) is 9.59 Å². The summed E-state index contributed by atoms with van der Waals surface area (Å²) in [5, 5.41) is 73.5. The number of hydrogen-bond donors (Lipinski definition) is 8. The first-order valence-corrected chi connectivity index (χ1v) is 33.4. The Morgan fingerprint density at radius 3 is 1.07 bits per heavy atom. The van der Waals surface area contributed by atoms with Gasteiger partial charge in [-0.3, -0.25) is 48.4 Å². The standard InChI is InChI=1S/C72H112N6O16/c1-62(2,3)48-32-44(33-49(55(48)85)63(4,5)6)23-25-53(83)93-30-28-75-57(87)71(73-60(75)91)40-66(13,14)77(67(15,16)41-71)38-46(79)36-70(59(89)90,27-21-22-52(81)82)37-47(80)39-78-68(17,18)42-72(43-69(78,19)20)58(88)76(61(92)74-72)29-31-94-54(84)26-24-45-34-50(64(7,8)9)56(86)51(35-45)65(10,11)12/h32-35,46-47,79-80,85-86H,21-31,36-43H2,1-20H3,(H,73,91)(H,74,92)(H,81,82)(H,89,90). The number of aliphatic hydroxyl groups is 2. The smallest absolute Gasteiger partial charge is 0.325 e. The summed E-state index contributed by atoms with van der Waals surface area (Å²) < 4.78 is 11.2. The number of β-amino-alcohol motifs (C(OH)–C–C–N with tert-alkyl or cyclic N) is 2. The lowest BCUT2D eigenvalue weighted by molar-refractivity contribution is -0.158. The molecule has 0 aliphatic carbocycles. The summed E-state index contributed by atoms with van der Waals surface area (Å²) in [7, 11) is 0. The van der Waals surface area contributed by atoms with Crippen LogP contribution in [0.15, 0.2) is 24.3 Å². The molecule has 2 aromatic carbocycles. The van der Waals surface area contributed by atoms with Crippen molar-refractivity contribution in [2.24, 2.45) is 5.41 Å². The molecule has 6 rings (SSSR count). The second-order valence-electron chi connectivity index (χ2n) is 34.2. The van der Waals surface area contributed by atoms with Crippen LogP contribution in [0, 0.1) is 5.41 Å². The van der Waals surface area contributed by atoms with Crippen LogP contribution in [0.2, 0.25) is 0 Å². The number of nitrogens with one attached hydrogen (secondary N) is 2. The largest absolute Gasteiger partial charge is 0.507 e. The molecule has 94 heavy (non-hydrogen) atoms. The Hall–Kier alpha value is -6.36. The number of aryl methyl sites for hydroxylation is 2. The molecule has 0 saturated carbocycles. The van der Waals surface area contributed by atoms with Crippen molar-refractivity contribution < 1.29 is 78.5 Å². The van der Waals surface area contributed by atoms with Crippen molar-refractivity contribution in [1.29, 1.82) is 0 Å². The number of hydrogen-bond acceptors (Lipinski definition) is 16. The molecule has 4 aliphatic heterocycles. The number of piperidine rings is 2. The van der Waals surface area contributed by atoms with Gasteiger partial charge in [0.05, 0.1) is 30.7 Å². The lowest BCUT2D eigenvalue weighted by atomic mass is 9.67. The first-order chi connectivity index (χ1) is 42.7. The summed E-state index contributed by atoms with van der Waals surface area (Å²) in [6, 6.07) is 6.37. The van der Waals surface area contributed by atoms with E-state index in [1.807, 2.05) is 173 Å². The topological polar surface area (TPSA) is 313 Å². The summed E-state index contributed by atoms with van der Waals surface area (Å²) in [5.41, 5.74) is -4.80. The van der Waals surface area contributed by atoms with Crippen LogP contribution in [0.3, 0.4) is 0 Å². The summed E-state index contributed by atoms with van der Waals surface area (Å²) in [4.78, 5) is 114. The van der Waals surface area contributed by atoms with E-state index in [-0.39, 0.29) is 143 Å². The molecule has 8 N–H and O–H groups in total. The number of aliphatic hydroxyl groups excluding tert-OH is 2. The Labute approximate surface area is 557 Å². The molecule has 22 nitrogen and oxygen atoms in total. The predicted molar refractivity (Wildman–Crippen MR) is 357 cm³/mol. The van der Waals surface area contributed by atoms with E-state index in [1.54, 1.807) is 0 Å². The van der Waals surface area contributed by atoms with Crippen molar-refractivity contribution in [2.45, 2.75) is 289 Å². The molecule has 2 unspecified atom stereocenters. The van der Waals surface area contributed by atoms with Gasteiger partial charge in [0.2, 0.25) is 0 Å². The van der Waals surface area contributed by atoms with Crippen LogP contribution in [-0.4, -0.2) is 183 Å². The first-order valence-electron chi connectivity index (χ1n) is 33.4. The number of nitrogens with zero attached hydrogens (tertiary/aromatic N) is 4. The number of carbonyl (C=O) groups is 8. The fraction of sp³-hybridized carbons (Fsp3) is 0.722. The molecule has 22 heteroatoms. The molecule has 0 bridgehead atoms. The minimum absolute atomic E-state index is 0.0294. The first kappa shape index (κ1) is 76.7. The van der Waals surface area contributed by atoms with Gasteiger partial charge in [-0.05, 0) is 175 Å². The maximum Gasteiger partial charge on any atom is 0.325 e. The molecule has 2 aromatic rings. The average Bonchev–Trinajstić information content (AvgIpc) is 1.49. The van der Waals surface area contributed by atoms with Gasteiger partial charge in [-0.15, -0.1) is 0 Å². The molecular weight excluding hydrogens is 1200 g/mol. The lowest BCUT2D eigenvalue weighted by Crippen LogP contribution is -2.70. The number of amides is 6. The molecular formula is C72H112N6O16. The Kier molecular flexibility index (Phi) is 22.2. The molecule has 526 valence electrons. The number of phenolic OH excluding ortho intramolecular Hbond substituents is 2. The van der Waals surface area contributed by atoms with Gasteiger partial charge in [-0.1, -0.05) is 107 Å². The van der Waals surface area contributed by atoms with Crippen molar-refractivity contribution in [3.05, 3.63) is 57.6 Å². The van der Waals surface area contributed by atoms with E-state index in [1.165, 1.54) is 0 Å². The van der Waals surface area contributed by atoms with Crippen LogP contribution >= 0.6 is 0 Å². The van der Waals surface area contributed by atoms with E-state index in [9.17, 15) is 69.0 Å². The molecule has 0 aromatic heterocycles. The van der Waals surface area contributed by atoms with E-state index in [0.717, 1.165) is 43.2 Å². The van der Waals surface area contributed by atoms with Gasteiger partial charge in [0.25, 0.3) is 11.8 Å². The van der Waals surface area contributed by atoms with Crippen LogP contribution in [0.25, 0.3) is 0 Å². The van der Waals surface area contributed by atoms with Gasteiger partial charge >= 0.3 is 35.9 Å². The Morgan fingerprint density at radius 2 is 0.809 bits per heavy atom. The fourth-order valence-corrected chi connectivity index (χ4v) is 16.0. The zero-order valence-electron chi connectivity index (χ0n) is 60.0. The molecule has 6 amide bonds. The Bertz CT molecular complexity index is 2910. The molecule has 4 aliphatic rings. The third-order valence-electron chi connectivity index (χ3n) is 19.9. The molecule has 2 atom stereocenters. The fourth-order valence-electron chi connectivity index (χ4n) is 16.0. The quantitative estimate of drug-likeness (QED) is 0.0339. The lowest BCUT2D eigenvalue weighted by Gasteiger charge is -2.58. The van der Waals surface area contributed by atoms with E-state index >= 15 is 0 Å². The van der Waals surface area contributed by atoms with E-state index in [0.29, 0.717) is 12.8 Å². The number of aromatic hydroxyl groups is 2. The van der Waals surface area contributed by atoms with E-state index < -0.39 is 98.6 Å². The van der Waals surface area contributed by atoms with Crippen molar-refractivity contribution in [2.75, 3.05) is 39.4 Å². The third kappa shape index (κ3) is 17.2. The van der Waals surface area contributed by atoms with E-state index in [2.05, 4.69) is 10.6 Å². The highest BCUT2D eigenvalue weighted by Gasteiger charge is 2.63. The van der Waals surface area contributed by atoms with Crippen LogP contribution in [0.4, 0.5) is 9.59 Å². The van der Waals surface area contributed by atoms with Gasteiger partial charge in [0, 0.05) is 54.5 Å². The average molecular weight is 1320 g/mol. The number of carbonyl (C=O) groups excluding carboxylic acids is 6. The number of imide groups is 2. The maximum absolute atomic E-state index is 14.5. The summed E-state index contributed by atoms with van der Waals surface area (Å²) >= 11 is 0. The van der Waals surface area contributed by atoms with Crippen LogP contribution in [-0.2, 0) is 72.7 Å². The highest BCUT2D eigenvalue weighted by molar-refractivity contribution is 6.08. The predicted octanol–water partition coefficient (Wildman–Crippen LogP) is 9.65. The van der Waals surface area contributed by atoms with Crippen LogP contribution in [0.5, 0.6) is 11.5 Å². The number of aliphatic carboxylic acids is 2. The van der Waals surface area contributed by atoms with Crippen LogP contribution < -0.4 is 10.6 Å². The number of likely N-dealkylation sites (tertiary alicyclic amines) is 2. The highest BCUT2D eigenvalue weighted by atomic mass is 16.5.